The zero-order chi connectivity index (χ0) is 18.6. The third-order valence-corrected chi connectivity index (χ3v) is 5.97. The number of aryl methyl sites for hydroxylation is 1. The van der Waals surface area contributed by atoms with E-state index >= 15 is 0 Å². The van der Waals surface area contributed by atoms with Crippen LogP contribution in [0, 0.1) is 0 Å². The van der Waals surface area contributed by atoms with Gasteiger partial charge in [0.25, 0.3) is 0 Å². The lowest BCUT2D eigenvalue weighted by Crippen LogP contribution is -2.26. The number of hydrogen-bond donors (Lipinski definition) is 0. The topological polar surface area (TPSA) is 50.3 Å². The number of benzene rings is 2. The monoisotopic (exact) mass is 368 g/mol. The molecular formula is C21H24N2O2S. The molecule has 26 heavy (non-hydrogen) atoms. The van der Waals surface area contributed by atoms with E-state index in [0.29, 0.717) is 6.54 Å². The predicted octanol–water partition coefficient (Wildman–Crippen LogP) is 3.65. The van der Waals surface area contributed by atoms with Gasteiger partial charge in [0.15, 0.2) is 0 Å². The highest BCUT2D eigenvalue weighted by molar-refractivity contribution is 7.88. The minimum atomic E-state index is -3.09. The van der Waals surface area contributed by atoms with Crippen LogP contribution < -0.4 is 0 Å². The van der Waals surface area contributed by atoms with Crippen molar-refractivity contribution in [2.24, 2.45) is 0 Å². The average Bonchev–Trinajstić information content (AvgIpc) is 2.62. The van der Waals surface area contributed by atoms with Gasteiger partial charge in [-0.15, -0.1) is 0 Å². The number of aromatic nitrogens is 1. The van der Waals surface area contributed by atoms with Gasteiger partial charge < -0.3 is 0 Å². The highest BCUT2D eigenvalue weighted by atomic mass is 32.2. The molecule has 0 radical (unpaired) electrons. The molecule has 0 amide bonds. The van der Waals surface area contributed by atoms with Crippen molar-refractivity contribution >= 4 is 20.8 Å². The zero-order valence-corrected chi connectivity index (χ0v) is 16.0. The Bertz CT molecular complexity index is 977. The highest BCUT2D eigenvalue weighted by Gasteiger charge is 2.10. The molecule has 0 atom stereocenters. The molecule has 0 unspecified atom stereocenters. The second-order valence-corrected chi connectivity index (χ2v) is 8.75. The van der Waals surface area contributed by atoms with Crippen LogP contribution in [0.2, 0.25) is 0 Å². The van der Waals surface area contributed by atoms with Crippen molar-refractivity contribution < 1.29 is 8.42 Å². The van der Waals surface area contributed by atoms with E-state index in [4.69, 9.17) is 0 Å². The average molecular weight is 369 g/mol. The largest absolute Gasteiger partial charge is 0.260 e. The van der Waals surface area contributed by atoms with Crippen LogP contribution >= 0.6 is 0 Å². The van der Waals surface area contributed by atoms with E-state index in [9.17, 15) is 8.42 Å². The second-order valence-electron chi connectivity index (χ2n) is 6.66. The third kappa shape index (κ3) is 4.68. The van der Waals surface area contributed by atoms with Crippen molar-refractivity contribution in [3.8, 4) is 0 Å². The van der Waals surface area contributed by atoms with Crippen molar-refractivity contribution in [3.63, 3.8) is 0 Å². The number of nitrogens with zero attached hydrogens (tertiary/aromatic N) is 2. The number of rotatable bonds is 7. The molecule has 0 aliphatic carbocycles. The summed E-state index contributed by atoms with van der Waals surface area (Å²) in [6.07, 6.45) is 5.59. The second kappa shape index (κ2) is 7.98. The molecule has 0 saturated heterocycles. The molecule has 3 rings (SSSR count). The molecule has 136 valence electrons. The number of sulfonamides is 1. The molecule has 1 aromatic heterocycles. The van der Waals surface area contributed by atoms with Gasteiger partial charge in [0.1, 0.15) is 0 Å². The lowest BCUT2D eigenvalue weighted by Gasteiger charge is -2.13. The van der Waals surface area contributed by atoms with Gasteiger partial charge in [0, 0.05) is 31.6 Å². The fraction of sp³-hybridized carbons (Fsp3) is 0.286. The van der Waals surface area contributed by atoms with Crippen LogP contribution in [0.15, 0.2) is 60.8 Å². The van der Waals surface area contributed by atoms with Crippen LogP contribution in [0.1, 0.15) is 23.2 Å². The Balaban J connectivity index is 1.63. The van der Waals surface area contributed by atoms with Crippen molar-refractivity contribution in [2.75, 3.05) is 19.8 Å². The fourth-order valence-corrected chi connectivity index (χ4v) is 3.47. The van der Waals surface area contributed by atoms with E-state index in [1.807, 2.05) is 24.4 Å². The summed E-state index contributed by atoms with van der Waals surface area (Å²) >= 11 is 0. The summed E-state index contributed by atoms with van der Waals surface area (Å²) in [4.78, 5) is 4.55. The Morgan fingerprint density at radius 1 is 0.962 bits per heavy atom. The quantitative estimate of drug-likeness (QED) is 0.640. The van der Waals surface area contributed by atoms with Crippen molar-refractivity contribution in [1.82, 2.24) is 9.29 Å². The molecule has 4 nitrogen and oxygen atoms in total. The van der Waals surface area contributed by atoms with Crippen LogP contribution in [-0.2, 0) is 22.9 Å². The van der Waals surface area contributed by atoms with E-state index < -0.39 is 10.0 Å². The molecule has 0 spiro atoms. The van der Waals surface area contributed by atoms with Crippen LogP contribution in [0.5, 0.6) is 0 Å². The Kier molecular flexibility index (Phi) is 5.69. The van der Waals surface area contributed by atoms with Crippen LogP contribution in [-0.4, -0.2) is 37.6 Å². The highest BCUT2D eigenvalue weighted by Crippen LogP contribution is 2.19. The minimum Gasteiger partial charge on any atom is -0.260 e. The van der Waals surface area contributed by atoms with Gasteiger partial charge in [-0.1, -0.05) is 48.5 Å². The smallest absolute Gasteiger partial charge is 0.210 e. The van der Waals surface area contributed by atoms with Crippen LogP contribution in [0.3, 0.4) is 0 Å². The van der Waals surface area contributed by atoms with Crippen LogP contribution in [0.25, 0.3) is 10.8 Å². The summed E-state index contributed by atoms with van der Waals surface area (Å²) in [5, 5.41) is 2.41. The molecule has 3 aromatic rings. The van der Waals surface area contributed by atoms with Gasteiger partial charge >= 0.3 is 0 Å². The first-order chi connectivity index (χ1) is 12.4. The van der Waals surface area contributed by atoms with E-state index in [0.717, 1.165) is 25.0 Å². The molecule has 0 aliphatic rings. The number of pyridine rings is 1. The maximum Gasteiger partial charge on any atom is 0.210 e. The molecule has 0 aliphatic heterocycles. The van der Waals surface area contributed by atoms with E-state index in [2.05, 4.69) is 41.4 Å². The van der Waals surface area contributed by atoms with Crippen molar-refractivity contribution in [2.45, 2.75) is 19.3 Å². The standard InChI is InChI=1S/C21H24N2O2S/c1-23(26(2,24)25)15-5-6-17-9-11-18(12-10-17)16-21-20-8-4-3-7-19(20)13-14-22-21/h3-4,7-14H,5-6,15-16H2,1-2H3. The summed E-state index contributed by atoms with van der Waals surface area (Å²) < 4.78 is 24.2. The maximum absolute atomic E-state index is 11.4. The third-order valence-electron chi connectivity index (χ3n) is 4.66. The van der Waals surface area contributed by atoms with Gasteiger partial charge in [-0.25, -0.2) is 12.7 Å². The molecule has 0 fully saturated rings. The normalized spacial score (nSPS) is 12.0. The van der Waals surface area contributed by atoms with E-state index in [1.165, 1.54) is 32.5 Å². The first kappa shape index (κ1) is 18.5. The SMILES string of the molecule is CN(CCCc1ccc(Cc2nccc3ccccc23)cc1)S(C)(=O)=O. The Morgan fingerprint density at radius 2 is 1.65 bits per heavy atom. The van der Waals surface area contributed by atoms with Gasteiger partial charge in [0.2, 0.25) is 10.0 Å². The van der Waals surface area contributed by atoms with Gasteiger partial charge in [-0.05, 0) is 35.4 Å². The number of fused-ring (bicyclic) bond motifs is 1. The van der Waals surface area contributed by atoms with Gasteiger partial charge in [-0.3, -0.25) is 4.98 Å². The molecule has 5 heteroatoms. The summed E-state index contributed by atoms with van der Waals surface area (Å²) in [5.41, 5.74) is 3.54. The minimum absolute atomic E-state index is 0.542. The number of hydrogen-bond acceptors (Lipinski definition) is 3. The fourth-order valence-electron chi connectivity index (χ4n) is 3.01. The molecular weight excluding hydrogens is 344 g/mol. The van der Waals surface area contributed by atoms with Gasteiger partial charge in [0.05, 0.1) is 11.9 Å². The lowest BCUT2D eigenvalue weighted by atomic mass is 10.0. The lowest BCUT2D eigenvalue weighted by molar-refractivity contribution is 0.466. The van der Waals surface area contributed by atoms with Crippen LogP contribution in [0.4, 0.5) is 0 Å². The van der Waals surface area contributed by atoms with Crippen molar-refractivity contribution in [1.29, 1.82) is 0 Å². The van der Waals surface area contributed by atoms with Gasteiger partial charge in [-0.2, -0.15) is 0 Å². The molecule has 0 saturated carbocycles. The molecule has 0 N–H and O–H groups in total. The Morgan fingerprint density at radius 3 is 2.38 bits per heavy atom. The first-order valence-corrected chi connectivity index (χ1v) is 10.6. The Hall–Kier alpha value is -2.24. The summed E-state index contributed by atoms with van der Waals surface area (Å²) in [6, 6.07) is 18.9. The van der Waals surface area contributed by atoms with Crippen molar-refractivity contribution in [3.05, 3.63) is 77.6 Å². The maximum atomic E-state index is 11.4. The summed E-state index contributed by atoms with van der Waals surface area (Å²) in [6.45, 7) is 0.542. The molecule has 0 bridgehead atoms. The zero-order valence-electron chi connectivity index (χ0n) is 15.2. The molecule has 1 heterocycles. The first-order valence-electron chi connectivity index (χ1n) is 8.75. The summed E-state index contributed by atoms with van der Waals surface area (Å²) in [7, 11) is -1.47. The predicted molar refractivity (Wildman–Crippen MR) is 107 cm³/mol. The molecule has 2 aromatic carbocycles. The summed E-state index contributed by atoms with van der Waals surface area (Å²) in [5.74, 6) is 0. The Labute approximate surface area is 155 Å². The van der Waals surface area contributed by atoms with E-state index in [1.54, 1.807) is 7.05 Å². The van der Waals surface area contributed by atoms with E-state index in [-0.39, 0.29) is 0 Å².